The molecule has 0 saturated carbocycles. The number of rotatable bonds is 4. The highest BCUT2D eigenvalue weighted by Crippen LogP contribution is 2.34. The fourth-order valence-electron chi connectivity index (χ4n) is 3.35. The standard InChI is InChI=1S/C22H15N9/c1-24-15-7-4-5-14(11-15)20-19(17-8-10-25-13-27-17)21-28-18(30-31(21)22(23)29-20)12-16-6-2-3-9-26-16/h2-11,13H,12H2,(H2,23,29). The maximum absolute atomic E-state index is 7.33. The number of nitrogens with two attached hydrogens (primary N) is 1. The van der Waals surface area contributed by atoms with Gasteiger partial charge in [0.2, 0.25) is 5.95 Å². The number of fused-ring (bicyclic) bond motifs is 1. The van der Waals surface area contributed by atoms with E-state index in [1.165, 1.54) is 10.8 Å². The van der Waals surface area contributed by atoms with Gasteiger partial charge in [0.25, 0.3) is 0 Å². The third-order valence-corrected chi connectivity index (χ3v) is 4.71. The fraction of sp³-hybridized carbons (Fsp3) is 0.0455. The molecule has 4 aromatic heterocycles. The van der Waals surface area contributed by atoms with Gasteiger partial charge in [-0.3, -0.25) is 4.98 Å². The number of nitrogens with zero attached hydrogens (tertiary/aromatic N) is 8. The first kappa shape index (κ1) is 18.3. The zero-order chi connectivity index (χ0) is 21.2. The van der Waals surface area contributed by atoms with Crippen LogP contribution in [0.3, 0.4) is 0 Å². The van der Waals surface area contributed by atoms with Crippen molar-refractivity contribution in [2.24, 2.45) is 0 Å². The predicted octanol–water partition coefficient (Wildman–Crippen LogP) is 3.37. The summed E-state index contributed by atoms with van der Waals surface area (Å²) in [4.78, 5) is 25.6. The molecule has 0 aliphatic rings. The van der Waals surface area contributed by atoms with Crippen molar-refractivity contribution < 1.29 is 0 Å². The van der Waals surface area contributed by atoms with Crippen molar-refractivity contribution in [3.05, 3.63) is 90.2 Å². The highest BCUT2D eigenvalue weighted by Gasteiger charge is 2.21. The quantitative estimate of drug-likeness (QED) is 0.456. The first-order valence-electron chi connectivity index (χ1n) is 9.42. The second-order valence-electron chi connectivity index (χ2n) is 6.71. The monoisotopic (exact) mass is 405 g/mol. The number of benzene rings is 1. The van der Waals surface area contributed by atoms with Crippen molar-refractivity contribution in [1.29, 1.82) is 0 Å². The molecular formula is C22H15N9. The van der Waals surface area contributed by atoms with E-state index in [2.05, 4.69) is 29.9 Å². The van der Waals surface area contributed by atoms with Gasteiger partial charge in [-0.2, -0.15) is 4.52 Å². The number of anilines is 1. The van der Waals surface area contributed by atoms with Crippen LogP contribution >= 0.6 is 0 Å². The van der Waals surface area contributed by atoms with E-state index in [0.29, 0.717) is 40.5 Å². The minimum atomic E-state index is 0.191. The molecule has 0 spiro atoms. The van der Waals surface area contributed by atoms with Crippen LogP contribution in [-0.2, 0) is 6.42 Å². The van der Waals surface area contributed by atoms with Crippen molar-refractivity contribution >= 4 is 17.3 Å². The molecular weight excluding hydrogens is 390 g/mol. The Kier molecular flexibility index (Phi) is 4.50. The Morgan fingerprint density at radius 3 is 2.71 bits per heavy atom. The molecule has 0 unspecified atom stereocenters. The summed E-state index contributed by atoms with van der Waals surface area (Å²) in [7, 11) is 0. The SMILES string of the molecule is [C-]#[N+]c1cccc(-c2nc(N)n3nc(Cc4ccccn4)nc3c2-c2ccncn2)c1. The first-order valence-corrected chi connectivity index (χ1v) is 9.42. The molecule has 2 N–H and O–H groups in total. The molecule has 0 aliphatic heterocycles. The Hall–Kier alpha value is -4.71. The minimum absolute atomic E-state index is 0.191. The third-order valence-electron chi connectivity index (χ3n) is 4.71. The molecule has 0 aliphatic carbocycles. The van der Waals surface area contributed by atoms with Crippen LogP contribution in [0.2, 0.25) is 0 Å². The van der Waals surface area contributed by atoms with Crippen LogP contribution in [0.1, 0.15) is 11.5 Å². The summed E-state index contributed by atoms with van der Waals surface area (Å²) in [5.41, 5.74) is 10.7. The fourth-order valence-corrected chi connectivity index (χ4v) is 3.35. The normalized spacial score (nSPS) is 10.8. The van der Waals surface area contributed by atoms with E-state index in [1.54, 1.807) is 30.6 Å². The Labute approximate surface area is 177 Å². The summed E-state index contributed by atoms with van der Waals surface area (Å²) in [6, 6.07) is 14.7. The number of nitrogen functional groups attached to an aromatic ring is 1. The number of hydrogen-bond acceptors (Lipinski definition) is 7. The van der Waals surface area contributed by atoms with Crippen LogP contribution in [-0.4, -0.2) is 34.5 Å². The van der Waals surface area contributed by atoms with Gasteiger partial charge in [0, 0.05) is 18.1 Å². The van der Waals surface area contributed by atoms with Crippen LogP contribution in [0.25, 0.3) is 33.0 Å². The smallest absolute Gasteiger partial charge is 0.223 e. The molecule has 0 atom stereocenters. The largest absolute Gasteiger partial charge is 0.368 e. The molecule has 0 radical (unpaired) electrons. The van der Waals surface area contributed by atoms with Gasteiger partial charge in [-0.25, -0.2) is 24.8 Å². The molecule has 5 aromatic rings. The summed E-state index contributed by atoms with van der Waals surface area (Å²) in [6.07, 6.45) is 5.30. The topological polar surface area (TPSA) is 112 Å². The van der Waals surface area contributed by atoms with Crippen molar-refractivity contribution in [2.45, 2.75) is 6.42 Å². The van der Waals surface area contributed by atoms with Crippen LogP contribution in [0.15, 0.2) is 67.3 Å². The van der Waals surface area contributed by atoms with Gasteiger partial charge in [-0.1, -0.05) is 24.3 Å². The van der Waals surface area contributed by atoms with E-state index in [4.69, 9.17) is 17.3 Å². The molecule has 9 nitrogen and oxygen atoms in total. The molecule has 9 heteroatoms. The lowest BCUT2D eigenvalue weighted by Gasteiger charge is -2.11. The minimum Gasteiger partial charge on any atom is -0.368 e. The molecule has 1 aromatic carbocycles. The first-order chi connectivity index (χ1) is 15.2. The van der Waals surface area contributed by atoms with E-state index in [-0.39, 0.29) is 5.95 Å². The van der Waals surface area contributed by atoms with Gasteiger partial charge >= 0.3 is 0 Å². The van der Waals surface area contributed by atoms with E-state index in [0.717, 1.165) is 11.3 Å². The second-order valence-corrected chi connectivity index (χ2v) is 6.71. The molecule has 0 saturated heterocycles. The average molecular weight is 405 g/mol. The van der Waals surface area contributed by atoms with Crippen LogP contribution in [0, 0.1) is 6.57 Å². The summed E-state index contributed by atoms with van der Waals surface area (Å²) in [5, 5.41) is 4.55. The van der Waals surface area contributed by atoms with E-state index >= 15 is 0 Å². The zero-order valence-corrected chi connectivity index (χ0v) is 16.2. The summed E-state index contributed by atoms with van der Waals surface area (Å²) >= 11 is 0. The van der Waals surface area contributed by atoms with Crippen molar-refractivity contribution in [3.63, 3.8) is 0 Å². The van der Waals surface area contributed by atoms with E-state index in [1.807, 2.05) is 30.3 Å². The molecule has 148 valence electrons. The summed E-state index contributed by atoms with van der Waals surface area (Å²) in [6.45, 7) is 7.33. The number of aromatic nitrogens is 7. The zero-order valence-electron chi connectivity index (χ0n) is 16.2. The molecule has 4 heterocycles. The van der Waals surface area contributed by atoms with Gasteiger partial charge in [0.15, 0.2) is 17.2 Å². The Morgan fingerprint density at radius 1 is 1.00 bits per heavy atom. The number of pyridine rings is 1. The summed E-state index contributed by atoms with van der Waals surface area (Å²) in [5.74, 6) is 0.755. The molecule has 0 amide bonds. The molecule has 0 bridgehead atoms. The lowest BCUT2D eigenvalue weighted by molar-refractivity contribution is 0.879. The van der Waals surface area contributed by atoms with E-state index < -0.39 is 0 Å². The molecule has 31 heavy (non-hydrogen) atoms. The van der Waals surface area contributed by atoms with Crippen molar-refractivity contribution in [1.82, 2.24) is 34.5 Å². The van der Waals surface area contributed by atoms with Gasteiger partial charge in [0.05, 0.1) is 29.9 Å². The van der Waals surface area contributed by atoms with Crippen molar-refractivity contribution in [3.8, 4) is 22.5 Å². The average Bonchev–Trinajstić information content (AvgIpc) is 3.24. The lowest BCUT2D eigenvalue weighted by atomic mass is 10.0. The third kappa shape index (κ3) is 3.42. The highest BCUT2D eigenvalue weighted by molar-refractivity contribution is 5.89. The maximum atomic E-state index is 7.33. The Morgan fingerprint density at radius 2 is 1.94 bits per heavy atom. The molecule has 5 rings (SSSR count). The van der Waals surface area contributed by atoms with Crippen LogP contribution in [0.5, 0.6) is 0 Å². The highest BCUT2D eigenvalue weighted by atomic mass is 15.4. The van der Waals surface area contributed by atoms with Gasteiger partial charge in [0.1, 0.15) is 6.33 Å². The second kappa shape index (κ2) is 7.61. The predicted molar refractivity (Wildman–Crippen MR) is 115 cm³/mol. The van der Waals surface area contributed by atoms with Crippen molar-refractivity contribution in [2.75, 3.05) is 5.73 Å². The number of hydrogen-bond donors (Lipinski definition) is 1. The molecule has 0 fully saturated rings. The van der Waals surface area contributed by atoms with Gasteiger partial charge < -0.3 is 5.73 Å². The summed E-state index contributed by atoms with van der Waals surface area (Å²) < 4.78 is 1.51. The maximum Gasteiger partial charge on any atom is 0.223 e. The van der Waals surface area contributed by atoms with Gasteiger partial charge in [-0.15, -0.1) is 5.10 Å². The van der Waals surface area contributed by atoms with Crippen LogP contribution < -0.4 is 5.73 Å². The van der Waals surface area contributed by atoms with Crippen LogP contribution in [0.4, 0.5) is 11.6 Å². The Bertz CT molecular complexity index is 1420. The Balaban J connectivity index is 1.76. The van der Waals surface area contributed by atoms with Gasteiger partial charge in [-0.05, 0) is 29.8 Å². The van der Waals surface area contributed by atoms with E-state index in [9.17, 15) is 0 Å². The lowest BCUT2D eigenvalue weighted by Crippen LogP contribution is -2.06.